The fourth-order valence-corrected chi connectivity index (χ4v) is 1.57. The van der Waals surface area contributed by atoms with Gasteiger partial charge in [-0.05, 0) is 43.4 Å². The van der Waals surface area contributed by atoms with Crippen molar-refractivity contribution in [2.75, 3.05) is 5.32 Å². The predicted octanol–water partition coefficient (Wildman–Crippen LogP) is 4.15. The van der Waals surface area contributed by atoms with Crippen LogP contribution in [0.3, 0.4) is 0 Å². The van der Waals surface area contributed by atoms with Crippen molar-refractivity contribution >= 4 is 5.82 Å². The largest absolute Gasteiger partial charge is 0.368 e. The smallest absolute Gasteiger partial charge is 0.126 e. The molecule has 0 aliphatic carbocycles. The van der Waals surface area contributed by atoms with E-state index in [1.807, 2.05) is 0 Å². The Balaban J connectivity index is 3.08. The fourth-order valence-electron chi connectivity index (χ4n) is 1.57. The van der Waals surface area contributed by atoms with Gasteiger partial charge in [-0.1, -0.05) is 27.7 Å². The second-order valence-electron chi connectivity index (χ2n) is 5.32. The molecule has 90 valence electrons. The van der Waals surface area contributed by atoms with Crippen LogP contribution in [-0.2, 0) is 0 Å². The predicted molar refractivity (Wildman–Crippen MR) is 71.2 cm³/mol. The monoisotopic (exact) mass is 220 g/mol. The highest BCUT2D eigenvalue weighted by atomic mass is 15.0. The molecule has 0 radical (unpaired) electrons. The van der Waals surface area contributed by atoms with Gasteiger partial charge in [-0.25, -0.2) is 4.98 Å². The number of hydrogen-bond acceptors (Lipinski definition) is 2. The van der Waals surface area contributed by atoms with Gasteiger partial charge >= 0.3 is 0 Å². The Hall–Kier alpha value is -1.05. The first-order valence-electron chi connectivity index (χ1n) is 6.18. The maximum absolute atomic E-state index is 4.64. The first-order valence-corrected chi connectivity index (χ1v) is 6.18. The number of aromatic nitrogens is 1. The van der Waals surface area contributed by atoms with E-state index in [1.165, 1.54) is 11.3 Å². The molecule has 0 aliphatic rings. The standard InChI is InChI=1S/C14H24N2/c1-9(2)12-7-13(10(3)4)16-14(8-12)15-11(5)6/h7-11H,1-6H3,(H,15,16). The first-order chi connectivity index (χ1) is 7.40. The molecule has 1 rings (SSSR count). The van der Waals surface area contributed by atoms with E-state index in [1.54, 1.807) is 0 Å². The van der Waals surface area contributed by atoms with Crippen molar-refractivity contribution < 1.29 is 0 Å². The van der Waals surface area contributed by atoms with Gasteiger partial charge < -0.3 is 5.32 Å². The maximum atomic E-state index is 4.64. The molecule has 0 aliphatic heterocycles. The number of hydrogen-bond donors (Lipinski definition) is 1. The van der Waals surface area contributed by atoms with Crippen LogP contribution in [0.2, 0.25) is 0 Å². The van der Waals surface area contributed by atoms with E-state index in [4.69, 9.17) is 0 Å². The lowest BCUT2D eigenvalue weighted by molar-refractivity contribution is 0.793. The normalized spacial score (nSPS) is 11.6. The molecule has 0 aromatic carbocycles. The van der Waals surface area contributed by atoms with Crippen LogP contribution in [0.15, 0.2) is 12.1 Å². The van der Waals surface area contributed by atoms with Crippen LogP contribution in [0.5, 0.6) is 0 Å². The van der Waals surface area contributed by atoms with Crippen LogP contribution in [0, 0.1) is 0 Å². The summed E-state index contributed by atoms with van der Waals surface area (Å²) in [5, 5.41) is 3.38. The third-order valence-electron chi connectivity index (χ3n) is 2.56. The van der Waals surface area contributed by atoms with Gasteiger partial charge in [-0.2, -0.15) is 0 Å². The zero-order chi connectivity index (χ0) is 12.3. The molecule has 1 aromatic heterocycles. The Morgan fingerprint density at radius 2 is 1.56 bits per heavy atom. The van der Waals surface area contributed by atoms with Gasteiger partial charge in [0.05, 0.1) is 0 Å². The molecular weight excluding hydrogens is 196 g/mol. The summed E-state index contributed by atoms with van der Waals surface area (Å²) in [6.45, 7) is 13.1. The van der Waals surface area contributed by atoms with Crippen molar-refractivity contribution in [1.29, 1.82) is 0 Å². The van der Waals surface area contributed by atoms with Gasteiger partial charge in [0.2, 0.25) is 0 Å². The minimum absolute atomic E-state index is 0.426. The average molecular weight is 220 g/mol. The second kappa shape index (κ2) is 5.33. The summed E-state index contributed by atoms with van der Waals surface area (Å²) in [5.74, 6) is 2.03. The molecular formula is C14H24N2. The minimum atomic E-state index is 0.426. The SMILES string of the molecule is CC(C)Nc1cc(C(C)C)cc(C(C)C)n1. The molecule has 0 amide bonds. The number of rotatable bonds is 4. The third kappa shape index (κ3) is 3.51. The van der Waals surface area contributed by atoms with Gasteiger partial charge in [0, 0.05) is 11.7 Å². The molecule has 0 fully saturated rings. The van der Waals surface area contributed by atoms with Crippen LogP contribution in [-0.4, -0.2) is 11.0 Å². The van der Waals surface area contributed by atoms with Gasteiger partial charge in [-0.3, -0.25) is 0 Å². The summed E-state index contributed by atoms with van der Waals surface area (Å²) in [5.41, 5.74) is 2.54. The highest BCUT2D eigenvalue weighted by Gasteiger charge is 2.09. The lowest BCUT2D eigenvalue weighted by atomic mass is 10.00. The van der Waals surface area contributed by atoms with Crippen LogP contribution < -0.4 is 5.32 Å². The van der Waals surface area contributed by atoms with Gasteiger partial charge in [0.1, 0.15) is 5.82 Å². The lowest BCUT2D eigenvalue weighted by Gasteiger charge is -2.16. The summed E-state index contributed by atoms with van der Waals surface area (Å²) in [6.07, 6.45) is 0. The van der Waals surface area contributed by atoms with Crippen LogP contribution in [0.1, 0.15) is 64.6 Å². The zero-order valence-electron chi connectivity index (χ0n) is 11.3. The van der Waals surface area contributed by atoms with Gasteiger partial charge in [0.15, 0.2) is 0 Å². The summed E-state index contributed by atoms with van der Waals surface area (Å²) in [6, 6.07) is 4.81. The Morgan fingerprint density at radius 1 is 0.938 bits per heavy atom. The van der Waals surface area contributed by atoms with E-state index < -0.39 is 0 Å². The molecule has 1 heterocycles. The van der Waals surface area contributed by atoms with Crippen LogP contribution in [0.25, 0.3) is 0 Å². The van der Waals surface area contributed by atoms with E-state index in [0.717, 1.165) is 5.82 Å². The van der Waals surface area contributed by atoms with Crippen molar-refractivity contribution in [2.45, 2.75) is 59.4 Å². The molecule has 16 heavy (non-hydrogen) atoms. The molecule has 2 nitrogen and oxygen atoms in total. The van der Waals surface area contributed by atoms with Gasteiger partial charge in [-0.15, -0.1) is 0 Å². The Bertz CT molecular complexity index is 314. The lowest BCUT2D eigenvalue weighted by Crippen LogP contribution is -2.12. The van der Waals surface area contributed by atoms with E-state index in [-0.39, 0.29) is 0 Å². The maximum Gasteiger partial charge on any atom is 0.126 e. The summed E-state index contributed by atoms with van der Waals surface area (Å²) < 4.78 is 0. The van der Waals surface area contributed by atoms with E-state index in [9.17, 15) is 0 Å². The molecule has 0 spiro atoms. The molecule has 0 unspecified atom stereocenters. The second-order valence-corrected chi connectivity index (χ2v) is 5.32. The van der Waals surface area contributed by atoms with Crippen molar-refractivity contribution in [3.05, 3.63) is 23.4 Å². The number of nitrogens with zero attached hydrogens (tertiary/aromatic N) is 1. The van der Waals surface area contributed by atoms with E-state index in [0.29, 0.717) is 17.9 Å². The van der Waals surface area contributed by atoms with Crippen molar-refractivity contribution in [3.63, 3.8) is 0 Å². The van der Waals surface area contributed by atoms with Crippen LogP contribution >= 0.6 is 0 Å². The van der Waals surface area contributed by atoms with Crippen molar-refractivity contribution in [3.8, 4) is 0 Å². The molecule has 0 atom stereocenters. The Labute approximate surface area is 99.5 Å². The number of pyridine rings is 1. The number of nitrogens with one attached hydrogen (secondary N) is 1. The molecule has 1 N–H and O–H groups in total. The molecule has 0 saturated heterocycles. The Kier molecular flexibility index (Phi) is 4.34. The fraction of sp³-hybridized carbons (Fsp3) is 0.643. The Morgan fingerprint density at radius 3 is 2.00 bits per heavy atom. The summed E-state index contributed by atoms with van der Waals surface area (Å²) >= 11 is 0. The van der Waals surface area contributed by atoms with E-state index >= 15 is 0 Å². The molecule has 0 saturated carbocycles. The van der Waals surface area contributed by atoms with Crippen molar-refractivity contribution in [2.24, 2.45) is 0 Å². The highest BCUT2D eigenvalue weighted by molar-refractivity contribution is 5.42. The van der Waals surface area contributed by atoms with E-state index in [2.05, 4.69) is 64.0 Å². The number of anilines is 1. The third-order valence-corrected chi connectivity index (χ3v) is 2.56. The molecule has 1 aromatic rings. The first kappa shape index (κ1) is 13.0. The summed E-state index contributed by atoms with van der Waals surface area (Å²) in [7, 11) is 0. The van der Waals surface area contributed by atoms with Crippen LogP contribution in [0.4, 0.5) is 5.82 Å². The highest BCUT2D eigenvalue weighted by Crippen LogP contribution is 2.23. The zero-order valence-corrected chi connectivity index (χ0v) is 11.3. The quantitative estimate of drug-likeness (QED) is 0.824. The average Bonchev–Trinajstić information content (AvgIpc) is 2.15. The van der Waals surface area contributed by atoms with Crippen molar-refractivity contribution in [1.82, 2.24) is 4.98 Å². The molecule has 0 bridgehead atoms. The molecule has 2 heteroatoms. The minimum Gasteiger partial charge on any atom is -0.368 e. The topological polar surface area (TPSA) is 24.9 Å². The van der Waals surface area contributed by atoms with Gasteiger partial charge in [0.25, 0.3) is 0 Å². The summed E-state index contributed by atoms with van der Waals surface area (Å²) in [4.78, 5) is 4.64.